The summed E-state index contributed by atoms with van der Waals surface area (Å²) < 4.78 is 12.4. The van der Waals surface area contributed by atoms with Crippen molar-refractivity contribution in [1.29, 1.82) is 0 Å². The lowest BCUT2D eigenvalue weighted by Gasteiger charge is -2.11. The average Bonchev–Trinajstić information content (AvgIpc) is 2.96. The molecule has 7 nitrogen and oxygen atoms in total. The van der Waals surface area contributed by atoms with Crippen LogP contribution in [0.4, 0.5) is 4.79 Å². The Morgan fingerprint density at radius 2 is 1.93 bits per heavy atom. The van der Waals surface area contributed by atoms with E-state index in [0.717, 1.165) is 18.5 Å². The summed E-state index contributed by atoms with van der Waals surface area (Å²) in [5.41, 5.74) is 1.66. The zero-order valence-corrected chi connectivity index (χ0v) is 19.0. The molecule has 1 aliphatic heterocycles. The highest BCUT2D eigenvalue weighted by Gasteiger charge is 2.35. The lowest BCUT2D eigenvalue weighted by atomic mass is 10.1. The van der Waals surface area contributed by atoms with Crippen LogP contribution in [0, 0.1) is 3.57 Å². The smallest absolute Gasteiger partial charge is 0.329 e. The van der Waals surface area contributed by atoms with Crippen molar-refractivity contribution < 1.29 is 23.9 Å². The second kappa shape index (κ2) is 9.40. The van der Waals surface area contributed by atoms with Crippen molar-refractivity contribution in [3.8, 4) is 5.75 Å². The van der Waals surface area contributed by atoms with Crippen molar-refractivity contribution in [3.63, 3.8) is 0 Å². The van der Waals surface area contributed by atoms with Crippen LogP contribution in [0.1, 0.15) is 11.1 Å². The molecular weight excluding hydrogens is 555 g/mol. The SMILES string of the molecule is COC(=O)CN1C(=O)N/C(=C/c2cc(Br)ccc2OCc2ccc(I)cc2)C1=O. The fourth-order valence-electron chi connectivity index (χ4n) is 2.57. The predicted octanol–water partition coefficient (Wildman–Crippen LogP) is 3.70. The number of nitrogens with zero attached hydrogens (tertiary/aromatic N) is 1. The van der Waals surface area contributed by atoms with Crippen LogP contribution >= 0.6 is 38.5 Å². The monoisotopic (exact) mass is 570 g/mol. The van der Waals surface area contributed by atoms with E-state index >= 15 is 0 Å². The number of urea groups is 1. The first kappa shape index (κ1) is 21.3. The minimum atomic E-state index is -0.682. The third-order valence-electron chi connectivity index (χ3n) is 4.06. The number of hydrogen-bond donors (Lipinski definition) is 1. The van der Waals surface area contributed by atoms with Crippen LogP contribution in [0.3, 0.4) is 0 Å². The first-order valence-electron chi connectivity index (χ1n) is 8.45. The highest BCUT2D eigenvalue weighted by molar-refractivity contribution is 14.1. The second-order valence-electron chi connectivity index (χ2n) is 6.05. The van der Waals surface area contributed by atoms with Crippen molar-refractivity contribution in [2.45, 2.75) is 6.61 Å². The molecule has 0 aromatic heterocycles. The Balaban J connectivity index is 1.82. The Morgan fingerprint density at radius 3 is 2.62 bits per heavy atom. The van der Waals surface area contributed by atoms with E-state index in [1.165, 1.54) is 13.2 Å². The minimum Gasteiger partial charge on any atom is -0.488 e. The van der Waals surface area contributed by atoms with E-state index < -0.39 is 24.5 Å². The maximum Gasteiger partial charge on any atom is 0.329 e. The van der Waals surface area contributed by atoms with Gasteiger partial charge in [-0.15, -0.1) is 0 Å². The summed E-state index contributed by atoms with van der Waals surface area (Å²) in [6.45, 7) is -0.101. The van der Waals surface area contributed by atoms with Crippen LogP contribution in [-0.2, 0) is 20.9 Å². The van der Waals surface area contributed by atoms with Gasteiger partial charge in [-0.25, -0.2) is 9.69 Å². The first-order valence-corrected chi connectivity index (χ1v) is 10.3. The van der Waals surface area contributed by atoms with Gasteiger partial charge in [0.15, 0.2) is 0 Å². The van der Waals surface area contributed by atoms with E-state index in [9.17, 15) is 14.4 Å². The summed E-state index contributed by atoms with van der Waals surface area (Å²) in [7, 11) is 1.19. The van der Waals surface area contributed by atoms with E-state index in [0.29, 0.717) is 17.9 Å². The molecule has 0 aliphatic carbocycles. The number of carbonyl (C=O) groups excluding carboxylic acids is 3. The highest BCUT2D eigenvalue weighted by Crippen LogP contribution is 2.27. The number of rotatable bonds is 6. The second-order valence-corrected chi connectivity index (χ2v) is 8.21. The summed E-state index contributed by atoms with van der Waals surface area (Å²) in [5.74, 6) is -0.740. The number of carbonyl (C=O) groups is 3. The third kappa shape index (κ3) is 5.36. The molecule has 2 aromatic carbocycles. The van der Waals surface area contributed by atoms with Crippen molar-refractivity contribution in [2.75, 3.05) is 13.7 Å². The van der Waals surface area contributed by atoms with Crippen molar-refractivity contribution in [2.24, 2.45) is 0 Å². The van der Waals surface area contributed by atoms with Gasteiger partial charge >= 0.3 is 12.0 Å². The van der Waals surface area contributed by atoms with Crippen LogP contribution in [0.2, 0.25) is 0 Å². The largest absolute Gasteiger partial charge is 0.488 e. The Labute approximate surface area is 189 Å². The van der Waals surface area contributed by atoms with Gasteiger partial charge in [0.05, 0.1) is 7.11 Å². The van der Waals surface area contributed by atoms with E-state index in [1.807, 2.05) is 30.3 Å². The Bertz CT molecular complexity index is 991. The molecule has 0 bridgehead atoms. The number of ether oxygens (including phenoxy) is 2. The number of imide groups is 1. The van der Waals surface area contributed by atoms with Gasteiger partial charge in [0.1, 0.15) is 24.6 Å². The molecule has 9 heteroatoms. The van der Waals surface area contributed by atoms with Gasteiger partial charge < -0.3 is 14.8 Å². The summed E-state index contributed by atoms with van der Waals surface area (Å²) in [5, 5.41) is 2.48. The van der Waals surface area contributed by atoms with E-state index in [-0.39, 0.29) is 5.70 Å². The molecule has 1 aliphatic rings. The van der Waals surface area contributed by atoms with Gasteiger partial charge in [0.2, 0.25) is 0 Å². The van der Waals surface area contributed by atoms with Gasteiger partial charge in [-0.05, 0) is 64.6 Å². The molecule has 2 aromatic rings. The maximum absolute atomic E-state index is 12.5. The molecular formula is C20H16BrIN2O5. The Hall–Kier alpha value is -2.40. The zero-order valence-electron chi connectivity index (χ0n) is 15.3. The van der Waals surface area contributed by atoms with E-state index in [4.69, 9.17) is 4.74 Å². The van der Waals surface area contributed by atoms with Crippen LogP contribution in [0.25, 0.3) is 6.08 Å². The number of amides is 3. The quantitative estimate of drug-likeness (QED) is 0.248. The van der Waals surface area contributed by atoms with Gasteiger partial charge in [0.25, 0.3) is 5.91 Å². The molecule has 1 heterocycles. The van der Waals surface area contributed by atoms with Crippen LogP contribution in [0.15, 0.2) is 52.6 Å². The van der Waals surface area contributed by atoms with E-state index in [1.54, 1.807) is 12.1 Å². The minimum absolute atomic E-state index is 0.0520. The normalized spacial score (nSPS) is 14.9. The summed E-state index contributed by atoms with van der Waals surface area (Å²) in [6, 6.07) is 12.6. The molecule has 0 atom stereocenters. The van der Waals surface area contributed by atoms with Gasteiger partial charge in [-0.1, -0.05) is 28.1 Å². The maximum atomic E-state index is 12.5. The number of nitrogens with one attached hydrogen (secondary N) is 1. The van der Waals surface area contributed by atoms with Gasteiger partial charge in [0, 0.05) is 13.6 Å². The fourth-order valence-corrected chi connectivity index (χ4v) is 3.31. The number of esters is 1. The highest BCUT2D eigenvalue weighted by atomic mass is 127. The van der Waals surface area contributed by atoms with Crippen molar-refractivity contribution >= 4 is 62.5 Å². The fraction of sp³-hybridized carbons (Fsp3) is 0.150. The molecule has 29 heavy (non-hydrogen) atoms. The first-order chi connectivity index (χ1) is 13.9. The average molecular weight is 571 g/mol. The molecule has 0 saturated carbocycles. The molecule has 1 saturated heterocycles. The Morgan fingerprint density at radius 1 is 1.21 bits per heavy atom. The predicted molar refractivity (Wildman–Crippen MR) is 118 cm³/mol. The molecule has 3 amide bonds. The van der Waals surface area contributed by atoms with Gasteiger partial charge in [-0.3, -0.25) is 9.59 Å². The van der Waals surface area contributed by atoms with Crippen molar-refractivity contribution in [1.82, 2.24) is 10.2 Å². The number of benzene rings is 2. The standard InChI is InChI=1S/C20H16BrIN2O5/c1-28-18(25)10-24-19(26)16(23-20(24)27)9-13-8-14(21)4-7-17(13)29-11-12-2-5-15(22)6-3-12/h2-9H,10-11H2,1H3,(H,23,27)/b16-9+. The topological polar surface area (TPSA) is 84.9 Å². The van der Waals surface area contributed by atoms with E-state index in [2.05, 4.69) is 48.6 Å². The van der Waals surface area contributed by atoms with Crippen molar-refractivity contribution in [3.05, 3.63) is 67.3 Å². The van der Waals surface area contributed by atoms with Crippen LogP contribution in [0.5, 0.6) is 5.75 Å². The Kier molecular flexibility index (Phi) is 6.91. The number of halogens is 2. The van der Waals surface area contributed by atoms with Crippen LogP contribution in [-0.4, -0.2) is 36.5 Å². The molecule has 0 spiro atoms. The summed E-state index contributed by atoms with van der Waals surface area (Å²) in [4.78, 5) is 36.7. The molecule has 1 N–H and O–H groups in total. The molecule has 0 unspecified atom stereocenters. The summed E-state index contributed by atoms with van der Waals surface area (Å²) >= 11 is 5.64. The lowest BCUT2D eigenvalue weighted by molar-refractivity contribution is -0.143. The van der Waals surface area contributed by atoms with Gasteiger partial charge in [-0.2, -0.15) is 0 Å². The molecule has 1 fully saturated rings. The molecule has 3 rings (SSSR count). The zero-order chi connectivity index (χ0) is 21.0. The number of hydrogen-bond acceptors (Lipinski definition) is 5. The molecule has 150 valence electrons. The third-order valence-corrected chi connectivity index (χ3v) is 5.27. The lowest BCUT2D eigenvalue weighted by Crippen LogP contribution is -2.36. The summed E-state index contributed by atoms with van der Waals surface area (Å²) in [6.07, 6.45) is 1.52. The number of methoxy groups -OCH3 is 1. The molecule has 0 radical (unpaired) electrons. The van der Waals surface area contributed by atoms with Crippen LogP contribution < -0.4 is 10.1 Å².